The topological polar surface area (TPSA) is 89.3 Å². The number of hydrogen-bond donors (Lipinski definition) is 2. The van der Waals surface area contributed by atoms with Gasteiger partial charge in [0.05, 0.1) is 22.3 Å². The Labute approximate surface area is 218 Å². The van der Waals surface area contributed by atoms with Crippen molar-refractivity contribution in [2.24, 2.45) is 11.3 Å². The van der Waals surface area contributed by atoms with Gasteiger partial charge in [0.15, 0.2) is 5.69 Å². The summed E-state index contributed by atoms with van der Waals surface area (Å²) < 4.78 is 72.9. The molecule has 0 saturated heterocycles. The van der Waals surface area contributed by atoms with E-state index in [4.69, 9.17) is 0 Å². The predicted octanol–water partition coefficient (Wildman–Crippen LogP) is 5.68. The van der Waals surface area contributed by atoms with Gasteiger partial charge >= 0.3 is 12.8 Å². The number of aromatic nitrogens is 3. The molecule has 0 atom stereocenters. The van der Waals surface area contributed by atoms with Crippen LogP contribution in [0, 0.1) is 18.3 Å². The Morgan fingerprint density at radius 2 is 1.92 bits per heavy atom. The van der Waals surface area contributed by atoms with E-state index in [1.807, 2.05) is 0 Å². The number of nitrogens with one attached hydrogen (secondary N) is 1. The normalized spacial score (nSPS) is 20.6. The van der Waals surface area contributed by atoms with Gasteiger partial charge in [0.2, 0.25) is 0 Å². The summed E-state index contributed by atoms with van der Waals surface area (Å²) in [5.41, 5.74) is -2.46. The van der Waals surface area contributed by atoms with Crippen molar-refractivity contribution in [3.05, 3.63) is 29.2 Å². The third-order valence-corrected chi connectivity index (χ3v) is 7.27. The molecule has 2 aromatic heterocycles. The van der Waals surface area contributed by atoms with Crippen LogP contribution < -0.4 is 10.1 Å². The number of nitrogens with zero attached hydrogens (tertiary/aromatic N) is 3. The molecule has 2 aromatic rings. The fourth-order valence-electron chi connectivity index (χ4n) is 4.64. The molecule has 212 valence electrons. The monoisotopic (exact) mass is 546 g/mol. The molecule has 0 spiro atoms. The maximum absolute atomic E-state index is 13.4. The molecule has 0 aromatic carbocycles. The fourth-order valence-corrected chi connectivity index (χ4v) is 4.64. The van der Waals surface area contributed by atoms with E-state index in [1.165, 1.54) is 10.9 Å². The Kier molecular flexibility index (Phi) is 8.74. The zero-order chi connectivity index (χ0) is 28.5. The van der Waals surface area contributed by atoms with Crippen LogP contribution in [0.1, 0.15) is 75.1 Å². The number of hydrogen-bond acceptors (Lipinski definition) is 5. The number of aliphatic hydroxyl groups is 1. The first-order chi connectivity index (χ1) is 17.6. The van der Waals surface area contributed by atoms with E-state index in [0.29, 0.717) is 24.3 Å². The number of halogens is 5. The van der Waals surface area contributed by atoms with Gasteiger partial charge in [-0.2, -0.15) is 27.1 Å². The molecule has 0 bridgehead atoms. The molecule has 7 nitrogen and oxygen atoms in total. The first kappa shape index (κ1) is 29.8. The van der Waals surface area contributed by atoms with Crippen molar-refractivity contribution in [3.63, 3.8) is 0 Å². The van der Waals surface area contributed by atoms with Gasteiger partial charge in [0, 0.05) is 43.0 Å². The van der Waals surface area contributed by atoms with Crippen molar-refractivity contribution in [3.8, 4) is 17.0 Å². The summed E-state index contributed by atoms with van der Waals surface area (Å²) >= 11 is 0. The van der Waals surface area contributed by atoms with Crippen LogP contribution in [0.2, 0.25) is 0 Å². The molecule has 38 heavy (non-hydrogen) atoms. The van der Waals surface area contributed by atoms with E-state index in [2.05, 4.69) is 27.1 Å². The van der Waals surface area contributed by atoms with E-state index < -0.39 is 36.1 Å². The van der Waals surface area contributed by atoms with Gasteiger partial charge in [-0.15, -0.1) is 0 Å². The Morgan fingerprint density at radius 1 is 1.29 bits per heavy atom. The highest BCUT2D eigenvalue weighted by Gasteiger charge is 2.47. The third kappa shape index (κ3) is 6.62. The molecule has 1 aliphatic rings. The molecule has 0 unspecified atom stereocenters. The van der Waals surface area contributed by atoms with Gasteiger partial charge < -0.3 is 15.2 Å². The van der Waals surface area contributed by atoms with Gasteiger partial charge in [-0.25, -0.2) is 0 Å². The van der Waals surface area contributed by atoms with Crippen molar-refractivity contribution in [1.29, 1.82) is 0 Å². The van der Waals surface area contributed by atoms with Crippen LogP contribution in [0.15, 0.2) is 12.3 Å². The van der Waals surface area contributed by atoms with Gasteiger partial charge in [0.25, 0.3) is 5.91 Å². The number of carbonyl (C=O) groups is 1. The van der Waals surface area contributed by atoms with Gasteiger partial charge in [-0.3, -0.25) is 14.5 Å². The zero-order valence-electron chi connectivity index (χ0n) is 22.3. The van der Waals surface area contributed by atoms with Crippen LogP contribution in [-0.4, -0.2) is 50.7 Å². The van der Waals surface area contributed by atoms with E-state index >= 15 is 0 Å². The SMILES string of the molecule is CCn1nc(C(=O)NCC2(O)CCC(C)CC2)c(C)c1-c1cnc(CC(C)(C)C(F)(F)F)cc1OC(F)F. The highest BCUT2D eigenvalue weighted by atomic mass is 19.4. The second-order valence-electron chi connectivity index (χ2n) is 10.8. The lowest BCUT2D eigenvalue weighted by Crippen LogP contribution is -2.45. The number of ether oxygens (including phenoxy) is 1. The van der Waals surface area contributed by atoms with E-state index in [0.717, 1.165) is 32.8 Å². The molecule has 1 saturated carbocycles. The number of alkyl halides is 5. The average molecular weight is 547 g/mol. The lowest BCUT2D eigenvalue weighted by Gasteiger charge is -2.34. The Balaban J connectivity index is 1.93. The van der Waals surface area contributed by atoms with E-state index in [1.54, 1.807) is 13.8 Å². The lowest BCUT2D eigenvalue weighted by atomic mass is 9.79. The highest BCUT2D eigenvalue weighted by molar-refractivity contribution is 5.95. The van der Waals surface area contributed by atoms with Crippen LogP contribution in [0.4, 0.5) is 22.0 Å². The molecule has 0 aliphatic heterocycles. The minimum Gasteiger partial charge on any atom is -0.434 e. The Bertz CT molecular complexity index is 1140. The number of amides is 1. The van der Waals surface area contributed by atoms with Crippen molar-refractivity contribution in [2.75, 3.05) is 6.54 Å². The van der Waals surface area contributed by atoms with Crippen LogP contribution in [0.5, 0.6) is 5.75 Å². The summed E-state index contributed by atoms with van der Waals surface area (Å²) in [4.78, 5) is 17.1. The predicted molar refractivity (Wildman–Crippen MR) is 131 cm³/mol. The first-order valence-electron chi connectivity index (χ1n) is 12.7. The largest absolute Gasteiger partial charge is 0.434 e. The molecule has 0 radical (unpaired) electrons. The number of carbonyl (C=O) groups excluding carboxylic acids is 1. The molecule has 1 aliphatic carbocycles. The standard InChI is InChI=1S/C26H35F5N4O3/c1-6-35-21(16(3)20(34-35)22(36)33-14-25(37)9-7-15(2)8-10-25)18-13-32-17(11-19(18)38-23(27)28)12-24(4,5)26(29,30)31/h11,13,15,23,37H,6-10,12,14H2,1-5H3,(H,33,36). The van der Waals surface area contributed by atoms with Crippen LogP contribution in [0.25, 0.3) is 11.3 Å². The smallest absolute Gasteiger partial charge is 0.394 e. The second-order valence-corrected chi connectivity index (χ2v) is 10.8. The summed E-state index contributed by atoms with van der Waals surface area (Å²) in [6.45, 7) is 4.53. The highest BCUT2D eigenvalue weighted by Crippen LogP contribution is 2.41. The second kappa shape index (κ2) is 11.2. The summed E-state index contributed by atoms with van der Waals surface area (Å²) in [5.74, 6) is -0.380. The molecule has 3 rings (SSSR count). The summed E-state index contributed by atoms with van der Waals surface area (Å²) in [5, 5.41) is 17.9. The third-order valence-electron chi connectivity index (χ3n) is 7.27. The van der Waals surface area contributed by atoms with E-state index in [9.17, 15) is 31.9 Å². The minimum absolute atomic E-state index is 0.0416. The summed E-state index contributed by atoms with van der Waals surface area (Å²) in [6.07, 6.45) is -1.05. The number of rotatable bonds is 9. The van der Waals surface area contributed by atoms with Crippen LogP contribution >= 0.6 is 0 Å². The summed E-state index contributed by atoms with van der Waals surface area (Å²) in [7, 11) is 0. The maximum Gasteiger partial charge on any atom is 0.394 e. The zero-order valence-corrected chi connectivity index (χ0v) is 22.3. The van der Waals surface area contributed by atoms with Crippen LogP contribution in [-0.2, 0) is 13.0 Å². The van der Waals surface area contributed by atoms with Crippen LogP contribution in [0.3, 0.4) is 0 Å². The molecule has 2 heterocycles. The Hall–Kier alpha value is -2.76. The summed E-state index contributed by atoms with van der Waals surface area (Å²) in [6, 6.07) is 1.07. The Morgan fingerprint density at radius 3 is 2.47 bits per heavy atom. The molecular weight excluding hydrogens is 511 g/mol. The average Bonchev–Trinajstić information content (AvgIpc) is 3.15. The maximum atomic E-state index is 13.4. The van der Waals surface area contributed by atoms with Crippen molar-refractivity contribution >= 4 is 5.91 Å². The molecule has 12 heteroatoms. The molecule has 2 N–H and O–H groups in total. The minimum atomic E-state index is -4.53. The lowest BCUT2D eigenvalue weighted by molar-refractivity contribution is -0.211. The van der Waals surface area contributed by atoms with Crippen molar-refractivity contribution in [2.45, 2.75) is 91.7 Å². The van der Waals surface area contributed by atoms with Gasteiger partial charge in [0.1, 0.15) is 5.75 Å². The quantitative estimate of drug-likeness (QED) is 0.396. The van der Waals surface area contributed by atoms with Gasteiger partial charge in [-0.1, -0.05) is 20.8 Å². The number of aryl methyl sites for hydroxylation is 1. The number of pyridine rings is 1. The van der Waals surface area contributed by atoms with Crippen molar-refractivity contribution in [1.82, 2.24) is 20.1 Å². The molecule has 1 amide bonds. The molecule has 1 fully saturated rings. The van der Waals surface area contributed by atoms with Gasteiger partial charge in [-0.05, 0) is 45.4 Å². The molecular formula is C26H35F5N4O3. The first-order valence-corrected chi connectivity index (χ1v) is 12.7. The van der Waals surface area contributed by atoms with Crippen molar-refractivity contribution < 1.29 is 36.6 Å². The fraction of sp³-hybridized carbons (Fsp3) is 0.654. The van der Waals surface area contributed by atoms with E-state index in [-0.39, 0.29) is 41.5 Å².